The number of para-hydroxylation sites is 1. The largest absolute Gasteiger partial charge is 0.495 e. The van der Waals surface area contributed by atoms with Crippen LogP contribution in [0.2, 0.25) is 0 Å². The first-order chi connectivity index (χ1) is 10.0. The number of fused-ring (bicyclic) bond motifs is 1. The summed E-state index contributed by atoms with van der Waals surface area (Å²) in [4.78, 5) is 23.4. The van der Waals surface area contributed by atoms with Crippen molar-refractivity contribution in [1.29, 1.82) is 0 Å². The van der Waals surface area contributed by atoms with Crippen molar-refractivity contribution in [3.05, 3.63) is 39.7 Å². The number of ether oxygens (including phenoxy) is 1. The van der Waals surface area contributed by atoms with Crippen LogP contribution in [0.25, 0.3) is 10.9 Å². The maximum Gasteiger partial charge on any atom is 0.303 e. The van der Waals surface area contributed by atoms with Crippen LogP contribution in [-0.2, 0) is 17.8 Å². The number of benzene rings is 1. The van der Waals surface area contributed by atoms with E-state index in [9.17, 15) is 9.59 Å². The molecular weight excluding hydrogens is 270 g/mol. The Labute approximate surface area is 122 Å². The molecule has 0 bridgehead atoms. The third kappa shape index (κ3) is 2.63. The van der Waals surface area contributed by atoms with Gasteiger partial charge < -0.3 is 14.4 Å². The molecule has 5 nitrogen and oxygen atoms in total. The van der Waals surface area contributed by atoms with Gasteiger partial charge in [-0.05, 0) is 32.4 Å². The van der Waals surface area contributed by atoms with E-state index in [-0.39, 0.29) is 18.3 Å². The predicted octanol–water partition coefficient (Wildman–Crippen LogP) is 2.36. The van der Waals surface area contributed by atoms with Crippen LogP contribution in [-0.4, -0.2) is 22.8 Å². The van der Waals surface area contributed by atoms with E-state index in [4.69, 9.17) is 9.84 Å². The highest BCUT2D eigenvalue weighted by atomic mass is 16.5. The van der Waals surface area contributed by atoms with Crippen LogP contribution in [0.15, 0.2) is 23.0 Å². The normalized spacial score (nSPS) is 10.8. The summed E-state index contributed by atoms with van der Waals surface area (Å²) in [7, 11) is 1.58. The monoisotopic (exact) mass is 289 g/mol. The molecule has 0 saturated heterocycles. The molecule has 0 aliphatic heterocycles. The zero-order chi connectivity index (χ0) is 15.6. The van der Waals surface area contributed by atoms with E-state index >= 15 is 0 Å². The van der Waals surface area contributed by atoms with Gasteiger partial charge in [-0.2, -0.15) is 0 Å². The number of rotatable bonds is 5. The fourth-order valence-corrected chi connectivity index (χ4v) is 2.73. The van der Waals surface area contributed by atoms with Gasteiger partial charge in [0.15, 0.2) is 5.43 Å². The lowest BCUT2D eigenvalue weighted by molar-refractivity contribution is -0.136. The van der Waals surface area contributed by atoms with E-state index in [0.717, 1.165) is 11.2 Å². The van der Waals surface area contributed by atoms with Crippen molar-refractivity contribution >= 4 is 16.9 Å². The Morgan fingerprint density at radius 3 is 2.67 bits per heavy atom. The standard InChI is InChI=1S/C16H19NO4/c1-4-17-10(2)11(8-9-14(18)19)16(20)12-6-5-7-13(21-3)15(12)17/h5-7H,4,8-9H2,1-3H3,(H,18,19). The van der Waals surface area contributed by atoms with Crippen molar-refractivity contribution in [2.24, 2.45) is 0 Å². The Balaban J connectivity index is 2.79. The van der Waals surface area contributed by atoms with Gasteiger partial charge in [-0.25, -0.2) is 0 Å². The summed E-state index contributed by atoms with van der Waals surface area (Å²) in [5.74, 6) is -0.248. The zero-order valence-electron chi connectivity index (χ0n) is 12.5. The molecule has 21 heavy (non-hydrogen) atoms. The zero-order valence-corrected chi connectivity index (χ0v) is 12.5. The molecule has 0 amide bonds. The topological polar surface area (TPSA) is 68.5 Å². The molecule has 0 fully saturated rings. The van der Waals surface area contributed by atoms with E-state index in [2.05, 4.69) is 0 Å². The van der Waals surface area contributed by atoms with Gasteiger partial charge in [0.1, 0.15) is 5.75 Å². The molecule has 1 aromatic carbocycles. The molecule has 0 unspecified atom stereocenters. The van der Waals surface area contributed by atoms with Crippen LogP contribution >= 0.6 is 0 Å². The molecule has 1 aromatic heterocycles. The van der Waals surface area contributed by atoms with Gasteiger partial charge in [0, 0.05) is 29.6 Å². The molecule has 0 spiro atoms. The molecule has 1 heterocycles. The number of carboxylic acids is 1. The number of hydrogen-bond acceptors (Lipinski definition) is 3. The average molecular weight is 289 g/mol. The molecule has 2 aromatic rings. The Hall–Kier alpha value is -2.30. The first-order valence-corrected chi connectivity index (χ1v) is 6.92. The first-order valence-electron chi connectivity index (χ1n) is 6.92. The lowest BCUT2D eigenvalue weighted by atomic mass is 10.0. The van der Waals surface area contributed by atoms with E-state index in [1.807, 2.05) is 24.5 Å². The summed E-state index contributed by atoms with van der Waals surface area (Å²) >= 11 is 0. The summed E-state index contributed by atoms with van der Waals surface area (Å²) in [5, 5.41) is 9.42. The number of nitrogens with zero attached hydrogens (tertiary/aromatic N) is 1. The minimum atomic E-state index is -0.900. The number of aryl methyl sites for hydroxylation is 1. The van der Waals surface area contributed by atoms with Crippen molar-refractivity contribution in [2.45, 2.75) is 33.2 Å². The molecule has 0 aliphatic rings. The Kier molecular flexibility index (Phi) is 4.31. The van der Waals surface area contributed by atoms with Crippen LogP contribution in [0.4, 0.5) is 0 Å². The Morgan fingerprint density at radius 2 is 2.10 bits per heavy atom. The molecular formula is C16H19NO4. The van der Waals surface area contributed by atoms with Crippen LogP contribution in [0.3, 0.4) is 0 Å². The van der Waals surface area contributed by atoms with Crippen LogP contribution in [0, 0.1) is 6.92 Å². The first kappa shape index (κ1) is 15.1. The highest BCUT2D eigenvalue weighted by Crippen LogP contribution is 2.26. The van der Waals surface area contributed by atoms with Gasteiger partial charge in [-0.15, -0.1) is 0 Å². The SMILES string of the molecule is CCn1c(C)c(CCC(=O)O)c(=O)c2cccc(OC)c21. The number of carbonyl (C=O) groups is 1. The summed E-state index contributed by atoms with van der Waals surface area (Å²) < 4.78 is 7.37. The number of hydrogen-bond donors (Lipinski definition) is 1. The Bertz CT molecular complexity index is 746. The second-order valence-electron chi connectivity index (χ2n) is 4.89. The van der Waals surface area contributed by atoms with E-state index in [1.165, 1.54) is 0 Å². The molecule has 0 saturated carbocycles. The van der Waals surface area contributed by atoms with Gasteiger partial charge in [0.25, 0.3) is 0 Å². The molecule has 5 heteroatoms. The molecule has 1 N–H and O–H groups in total. The van der Waals surface area contributed by atoms with Crippen molar-refractivity contribution < 1.29 is 14.6 Å². The number of aliphatic carboxylic acids is 1. The van der Waals surface area contributed by atoms with E-state index < -0.39 is 5.97 Å². The molecule has 2 rings (SSSR count). The van der Waals surface area contributed by atoms with Crippen LogP contribution in [0.1, 0.15) is 24.6 Å². The van der Waals surface area contributed by atoms with Crippen molar-refractivity contribution in [1.82, 2.24) is 4.57 Å². The lowest BCUT2D eigenvalue weighted by Crippen LogP contribution is -2.20. The number of carboxylic acid groups (broad SMARTS) is 1. The fourth-order valence-electron chi connectivity index (χ4n) is 2.73. The molecule has 112 valence electrons. The Morgan fingerprint density at radius 1 is 1.38 bits per heavy atom. The van der Waals surface area contributed by atoms with Gasteiger partial charge in [0.05, 0.1) is 12.6 Å². The van der Waals surface area contributed by atoms with Gasteiger partial charge in [0.2, 0.25) is 0 Å². The second kappa shape index (κ2) is 5.99. The second-order valence-corrected chi connectivity index (χ2v) is 4.89. The predicted molar refractivity (Wildman–Crippen MR) is 81.1 cm³/mol. The van der Waals surface area contributed by atoms with E-state index in [0.29, 0.717) is 23.2 Å². The third-order valence-corrected chi connectivity index (χ3v) is 3.75. The highest BCUT2D eigenvalue weighted by Gasteiger charge is 2.16. The summed E-state index contributed by atoms with van der Waals surface area (Å²) in [6.45, 7) is 4.53. The van der Waals surface area contributed by atoms with Gasteiger partial charge in [-0.1, -0.05) is 6.07 Å². The minimum absolute atomic E-state index is 0.0464. The smallest absolute Gasteiger partial charge is 0.303 e. The number of methoxy groups -OCH3 is 1. The quantitative estimate of drug-likeness (QED) is 0.917. The minimum Gasteiger partial charge on any atom is -0.495 e. The third-order valence-electron chi connectivity index (χ3n) is 3.75. The average Bonchev–Trinajstić information content (AvgIpc) is 2.47. The maximum absolute atomic E-state index is 12.6. The summed E-state index contributed by atoms with van der Waals surface area (Å²) in [6.07, 6.45) is 0.197. The van der Waals surface area contributed by atoms with Gasteiger partial charge >= 0.3 is 5.97 Å². The molecule has 0 atom stereocenters. The molecule has 0 aliphatic carbocycles. The molecule has 0 radical (unpaired) electrons. The van der Waals surface area contributed by atoms with Gasteiger partial charge in [-0.3, -0.25) is 9.59 Å². The number of aromatic nitrogens is 1. The maximum atomic E-state index is 12.6. The fraction of sp³-hybridized carbons (Fsp3) is 0.375. The van der Waals surface area contributed by atoms with Crippen LogP contribution < -0.4 is 10.2 Å². The van der Waals surface area contributed by atoms with Crippen molar-refractivity contribution in [2.75, 3.05) is 7.11 Å². The van der Waals surface area contributed by atoms with Crippen molar-refractivity contribution in [3.63, 3.8) is 0 Å². The highest BCUT2D eigenvalue weighted by molar-refractivity contribution is 5.86. The van der Waals surface area contributed by atoms with Crippen LogP contribution in [0.5, 0.6) is 5.75 Å². The summed E-state index contributed by atoms with van der Waals surface area (Å²) in [6, 6.07) is 5.36. The van der Waals surface area contributed by atoms with Crippen molar-refractivity contribution in [3.8, 4) is 5.75 Å². The number of pyridine rings is 1. The van der Waals surface area contributed by atoms with E-state index in [1.54, 1.807) is 19.2 Å². The lowest BCUT2D eigenvalue weighted by Gasteiger charge is -2.18. The summed E-state index contributed by atoms with van der Waals surface area (Å²) in [5.41, 5.74) is 2.04.